The van der Waals surface area contributed by atoms with Crippen molar-refractivity contribution in [2.75, 3.05) is 25.8 Å². The van der Waals surface area contributed by atoms with Crippen LogP contribution in [0.2, 0.25) is 0 Å². The van der Waals surface area contributed by atoms with E-state index in [0.717, 1.165) is 12.8 Å². The summed E-state index contributed by atoms with van der Waals surface area (Å²) >= 11 is 0. The number of pyridine rings is 1. The average molecular weight is 657 g/mol. The Balaban J connectivity index is 1.73. The van der Waals surface area contributed by atoms with E-state index < -0.39 is 36.6 Å². The molecule has 1 aromatic heterocycles. The first kappa shape index (κ1) is 35.3. The van der Waals surface area contributed by atoms with Crippen molar-refractivity contribution in [2.45, 2.75) is 39.2 Å². The third-order valence-electron chi connectivity index (χ3n) is 8.07. The minimum absolute atomic E-state index is 0.0478. The van der Waals surface area contributed by atoms with Crippen molar-refractivity contribution < 1.29 is 33.4 Å². The van der Waals surface area contributed by atoms with Crippen molar-refractivity contribution in [1.29, 1.82) is 5.41 Å². The molecular formula is C35H40N6O7. The highest BCUT2D eigenvalue weighted by atomic mass is 16.7. The molecule has 252 valence electrons. The summed E-state index contributed by atoms with van der Waals surface area (Å²) in [6.07, 6.45) is 4.21. The standard InChI is InChI=1S/C35H40N6O7/c1-5-19(3)29(36)34(44)47-18-48-35(45)30-24(13-14-27(41-30)33(43)39-17-20-7-8-20)25-16-28(46-4)21(6-2)15-26(25)32(42)40-23-11-9-22(10-12-23)31(37)38/h6,9-16,19-20,29H,2,5,7-8,17-18,36H2,1,3-4H3,(H3,37,38)(H,39,43)(H,40,42)/t19?,29-/m0/s1. The minimum Gasteiger partial charge on any atom is -0.496 e. The molecule has 1 saturated carbocycles. The fraction of sp³-hybridized carbons (Fsp3) is 0.314. The molecule has 0 bridgehead atoms. The van der Waals surface area contributed by atoms with Gasteiger partial charge in [0.2, 0.25) is 6.79 Å². The number of ether oxygens (including phenoxy) is 3. The topological polar surface area (TPSA) is 209 Å². The zero-order valence-corrected chi connectivity index (χ0v) is 27.1. The lowest BCUT2D eigenvalue weighted by Crippen LogP contribution is -2.38. The van der Waals surface area contributed by atoms with Gasteiger partial charge >= 0.3 is 11.9 Å². The molecule has 7 N–H and O–H groups in total. The van der Waals surface area contributed by atoms with Crippen molar-refractivity contribution in [3.8, 4) is 16.9 Å². The molecule has 1 heterocycles. The molecule has 4 rings (SSSR count). The van der Waals surface area contributed by atoms with Crippen molar-refractivity contribution >= 4 is 41.4 Å². The van der Waals surface area contributed by atoms with E-state index in [1.54, 1.807) is 43.3 Å². The molecule has 13 nitrogen and oxygen atoms in total. The van der Waals surface area contributed by atoms with Crippen molar-refractivity contribution in [1.82, 2.24) is 10.3 Å². The maximum Gasteiger partial charge on any atom is 0.360 e. The smallest absolute Gasteiger partial charge is 0.360 e. The highest BCUT2D eigenvalue weighted by molar-refractivity contribution is 6.11. The number of amidine groups is 1. The van der Waals surface area contributed by atoms with Crippen LogP contribution in [0.1, 0.15) is 75.6 Å². The second-order valence-corrected chi connectivity index (χ2v) is 11.5. The normalized spacial score (nSPS) is 13.4. The number of methoxy groups -OCH3 is 1. The SMILES string of the molecule is C=Cc1cc(C(=O)Nc2ccc(C(=N)N)cc2)c(-c2ccc(C(=O)NCC3CC3)nc2C(=O)OCOC(=O)[C@@H](N)C(C)CC)cc1OC. The third-order valence-corrected chi connectivity index (χ3v) is 8.07. The Morgan fingerprint density at radius 1 is 1.06 bits per heavy atom. The van der Waals surface area contributed by atoms with E-state index in [9.17, 15) is 19.2 Å². The maximum atomic E-state index is 13.8. The molecule has 2 amide bonds. The maximum absolute atomic E-state index is 13.8. The number of hydrogen-bond donors (Lipinski definition) is 5. The molecule has 2 aromatic carbocycles. The molecule has 1 aliphatic rings. The Kier molecular flexibility index (Phi) is 11.6. The molecule has 0 saturated heterocycles. The highest BCUT2D eigenvalue weighted by Gasteiger charge is 2.27. The van der Waals surface area contributed by atoms with Gasteiger partial charge in [-0.25, -0.2) is 9.78 Å². The summed E-state index contributed by atoms with van der Waals surface area (Å²) < 4.78 is 15.9. The minimum atomic E-state index is -1.01. The molecule has 0 aliphatic heterocycles. The van der Waals surface area contributed by atoms with Crippen LogP contribution in [0.3, 0.4) is 0 Å². The predicted molar refractivity (Wildman–Crippen MR) is 181 cm³/mol. The zero-order valence-electron chi connectivity index (χ0n) is 27.1. The molecule has 48 heavy (non-hydrogen) atoms. The fourth-order valence-corrected chi connectivity index (χ4v) is 4.68. The number of nitrogens with two attached hydrogens (primary N) is 2. The molecule has 0 radical (unpaired) electrons. The van der Waals surface area contributed by atoms with Gasteiger partial charge in [-0.3, -0.25) is 19.8 Å². The highest BCUT2D eigenvalue weighted by Crippen LogP contribution is 2.35. The number of rotatable bonds is 15. The van der Waals surface area contributed by atoms with E-state index >= 15 is 0 Å². The van der Waals surface area contributed by atoms with Crippen LogP contribution in [-0.2, 0) is 14.3 Å². The van der Waals surface area contributed by atoms with Crippen LogP contribution >= 0.6 is 0 Å². The summed E-state index contributed by atoms with van der Waals surface area (Å²) in [6.45, 7) is 7.23. The molecule has 1 unspecified atom stereocenters. The van der Waals surface area contributed by atoms with Crippen molar-refractivity contribution in [3.05, 3.63) is 83.2 Å². The molecule has 13 heteroatoms. The van der Waals surface area contributed by atoms with Crippen LogP contribution in [-0.4, -0.2) is 61.1 Å². The Bertz CT molecular complexity index is 1720. The lowest BCUT2D eigenvalue weighted by atomic mass is 9.94. The van der Waals surface area contributed by atoms with E-state index in [-0.39, 0.29) is 39.8 Å². The largest absolute Gasteiger partial charge is 0.496 e. The van der Waals surface area contributed by atoms with E-state index in [4.69, 9.17) is 31.1 Å². The van der Waals surface area contributed by atoms with Crippen molar-refractivity contribution in [3.63, 3.8) is 0 Å². The number of nitrogen functional groups attached to an aromatic ring is 1. The second kappa shape index (κ2) is 15.8. The number of anilines is 1. The molecule has 3 aromatic rings. The lowest BCUT2D eigenvalue weighted by molar-refractivity contribution is -0.155. The van der Waals surface area contributed by atoms with E-state index in [0.29, 0.717) is 41.4 Å². The monoisotopic (exact) mass is 656 g/mol. The average Bonchev–Trinajstić information content (AvgIpc) is 3.93. The molecule has 1 aliphatic carbocycles. The third kappa shape index (κ3) is 8.62. The van der Waals surface area contributed by atoms with E-state index in [2.05, 4.69) is 22.2 Å². The van der Waals surface area contributed by atoms with Gasteiger partial charge in [0.05, 0.1) is 7.11 Å². The zero-order chi connectivity index (χ0) is 35.0. The number of amides is 2. The Morgan fingerprint density at radius 3 is 2.38 bits per heavy atom. The Morgan fingerprint density at radius 2 is 1.77 bits per heavy atom. The van der Waals surface area contributed by atoms with E-state index in [1.165, 1.54) is 25.3 Å². The van der Waals surface area contributed by atoms with Gasteiger partial charge in [0.25, 0.3) is 11.8 Å². The van der Waals surface area contributed by atoms with Crippen LogP contribution in [0.5, 0.6) is 5.75 Å². The summed E-state index contributed by atoms with van der Waals surface area (Å²) in [5.74, 6) is -2.30. The number of carbonyl (C=O) groups is 4. The summed E-state index contributed by atoms with van der Waals surface area (Å²) in [7, 11) is 1.45. The first-order chi connectivity index (χ1) is 23.0. The fourth-order valence-electron chi connectivity index (χ4n) is 4.68. The van der Waals surface area contributed by atoms with Crippen molar-refractivity contribution in [2.24, 2.45) is 23.3 Å². The predicted octanol–water partition coefficient (Wildman–Crippen LogP) is 4.11. The molecule has 1 fully saturated rings. The summed E-state index contributed by atoms with van der Waals surface area (Å²) in [4.78, 5) is 57.0. The summed E-state index contributed by atoms with van der Waals surface area (Å²) in [6, 6.07) is 11.5. The Hall–Kier alpha value is -5.56. The van der Waals surface area contributed by atoms with Gasteiger partial charge in [-0.1, -0.05) is 32.9 Å². The number of nitrogens with zero attached hydrogens (tertiary/aromatic N) is 1. The van der Waals surface area contributed by atoms with Crippen LogP contribution < -0.4 is 26.8 Å². The lowest BCUT2D eigenvalue weighted by Gasteiger charge is -2.18. The summed E-state index contributed by atoms with van der Waals surface area (Å²) in [5, 5.41) is 13.2. The van der Waals surface area contributed by atoms with Gasteiger partial charge in [0.15, 0.2) is 5.69 Å². The number of nitrogens with one attached hydrogen (secondary N) is 3. The van der Waals surface area contributed by atoms with Crippen LogP contribution in [0.15, 0.2) is 55.1 Å². The van der Waals surface area contributed by atoms with Crippen LogP contribution in [0.25, 0.3) is 17.2 Å². The number of hydrogen-bond acceptors (Lipinski definition) is 10. The quantitative estimate of drug-likeness (QED) is 0.0684. The first-order valence-corrected chi connectivity index (χ1v) is 15.5. The van der Waals surface area contributed by atoms with Gasteiger partial charge in [0.1, 0.15) is 23.3 Å². The number of aromatic nitrogens is 1. The van der Waals surface area contributed by atoms with Gasteiger partial charge in [-0.15, -0.1) is 0 Å². The molecule has 2 atom stereocenters. The van der Waals surface area contributed by atoms with Gasteiger partial charge in [0, 0.05) is 40.0 Å². The molecule has 0 spiro atoms. The number of carbonyl (C=O) groups excluding carboxylic acids is 4. The van der Waals surface area contributed by atoms with Gasteiger partial charge < -0.3 is 36.3 Å². The first-order valence-electron chi connectivity index (χ1n) is 15.5. The van der Waals surface area contributed by atoms with Crippen LogP contribution in [0, 0.1) is 17.2 Å². The van der Waals surface area contributed by atoms with Crippen LogP contribution in [0.4, 0.5) is 5.69 Å². The second-order valence-electron chi connectivity index (χ2n) is 11.5. The summed E-state index contributed by atoms with van der Waals surface area (Å²) in [5.41, 5.74) is 13.0. The molecular weight excluding hydrogens is 616 g/mol. The Labute approximate surface area is 278 Å². The van der Waals surface area contributed by atoms with E-state index in [1.807, 2.05) is 6.92 Å². The number of benzene rings is 2. The van der Waals surface area contributed by atoms with Gasteiger partial charge in [-0.05, 0) is 73.2 Å². The van der Waals surface area contributed by atoms with Gasteiger partial charge in [-0.2, -0.15) is 0 Å². The number of esters is 2.